The Morgan fingerprint density at radius 3 is 2.43 bits per heavy atom. The smallest absolute Gasteiger partial charge is 0.246 e. The fourth-order valence-corrected chi connectivity index (χ4v) is 5.62. The third-order valence-electron chi connectivity index (χ3n) is 4.91. The summed E-state index contributed by atoms with van der Waals surface area (Å²) >= 11 is 3.26. The number of anilines is 1. The molecule has 1 aromatic heterocycles. The van der Waals surface area contributed by atoms with Crippen LogP contribution in [-0.4, -0.2) is 30.8 Å². The molecule has 0 radical (unpaired) electrons. The third-order valence-corrected chi connectivity index (χ3v) is 7.27. The number of rotatable bonds is 2. The molecule has 1 saturated carbocycles. The van der Waals surface area contributed by atoms with E-state index in [4.69, 9.17) is 5.73 Å². The van der Waals surface area contributed by atoms with E-state index < -0.39 is 10.0 Å². The molecule has 0 aromatic carbocycles. The van der Waals surface area contributed by atoms with E-state index in [1.165, 1.54) is 37.9 Å². The summed E-state index contributed by atoms with van der Waals surface area (Å²) < 4.78 is 27.7. The van der Waals surface area contributed by atoms with Gasteiger partial charge in [-0.2, -0.15) is 4.31 Å². The van der Waals surface area contributed by atoms with E-state index in [1.54, 1.807) is 4.31 Å². The molecule has 0 atom stereocenters. The van der Waals surface area contributed by atoms with Crippen LogP contribution in [0.25, 0.3) is 0 Å². The number of sulfonamides is 1. The molecule has 1 aliphatic heterocycles. The fourth-order valence-electron chi connectivity index (χ4n) is 3.60. The molecule has 5 nitrogen and oxygen atoms in total. The lowest BCUT2D eigenvalue weighted by Gasteiger charge is -2.38. The first-order valence-electron chi connectivity index (χ1n) is 7.34. The van der Waals surface area contributed by atoms with Crippen LogP contribution in [0.4, 0.5) is 5.82 Å². The molecule has 2 fully saturated rings. The van der Waals surface area contributed by atoms with Crippen molar-refractivity contribution >= 4 is 31.8 Å². The predicted molar refractivity (Wildman–Crippen MR) is 85.2 cm³/mol. The summed E-state index contributed by atoms with van der Waals surface area (Å²) in [7, 11) is -3.55. The lowest BCUT2D eigenvalue weighted by Crippen LogP contribution is -2.42. The summed E-state index contributed by atoms with van der Waals surface area (Å²) in [6.45, 7) is 1.18. The largest absolute Gasteiger partial charge is 0.383 e. The van der Waals surface area contributed by atoms with E-state index in [0.29, 0.717) is 23.0 Å². The molecular weight excluding hydrogens is 354 g/mol. The molecule has 0 amide bonds. The highest BCUT2D eigenvalue weighted by Gasteiger charge is 2.40. The van der Waals surface area contributed by atoms with Crippen molar-refractivity contribution in [3.63, 3.8) is 0 Å². The standard InChI is InChI=1S/C14H20BrN3O2S/c15-11-9-12(13(16)17-10-11)21(19,20)18-7-5-14(6-8-18)3-1-2-4-14/h9-10H,1-8H2,(H2,16,17). The predicted octanol–water partition coefficient (Wildman–Crippen LogP) is 2.77. The average Bonchev–Trinajstić information content (AvgIpc) is 2.90. The number of nitrogens with zero attached hydrogens (tertiary/aromatic N) is 2. The number of hydrogen-bond acceptors (Lipinski definition) is 4. The molecule has 2 heterocycles. The first-order valence-corrected chi connectivity index (χ1v) is 9.58. The van der Waals surface area contributed by atoms with E-state index >= 15 is 0 Å². The van der Waals surface area contributed by atoms with Crippen LogP contribution in [0, 0.1) is 5.41 Å². The molecule has 2 N–H and O–H groups in total. The van der Waals surface area contributed by atoms with Gasteiger partial charge in [0.2, 0.25) is 10.0 Å². The minimum atomic E-state index is -3.55. The van der Waals surface area contributed by atoms with Gasteiger partial charge >= 0.3 is 0 Å². The Hall–Kier alpha value is -0.660. The van der Waals surface area contributed by atoms with Gasteiger partial charge in [0.15, 0.2) is 0 Å². The van der Waals surface area contributed by atoms with Gasteiger partial charge in [-0.15, -0.1) is 0 Å². The molecule has 0 unspecified atom stereocenters. The summed E-state index contributed by atoms with van der Waals surface area (Å²) in [6, 6.07) is 1.54. The maximum absolute atomic E-state index is 12.7. The van der Waals surface area contributed by atoms with Gasteiger partial charge in [-0.05, 0) is 53.1 Å². The molecule has 116 valence electrons. The number of hydrogen-bond donors (Lipinski definition) is 1. The normalized spacial score (nSPS) is 22.7. The number of nitrogen functional groups attached to an aromatic ring is 1. The van der Waals surface area contributed by atoms with Gasteiger partial charge in [0, 0.05) is 23.8 Å². The molecular formula is C14H20BrN3O2S. The van der Waals surface area contributed by atoms with Crippen molar-refractivity contribution in [2.45, 2.75) is 43.4 Å². The van der Waals surface area contributed by atoms with E-state index in [0.717, 1.165) is 12.8 Å². The van der Waals surface area contributed by atoms with Crippen LogP contribution in [0.2, 0.25) is 0 Å². The molecule has 2 aliphatic rings. The van der Waals surface area contributed by atoms with E-state index in [1.807, 2.05) is 0 Å². The highest BCUT2D eigenvalue weighted by atomic mass is 79.9. The number of pyridine rings is 1. The Bertz CT molecular complexity index is 632. The number of halogens is 1. The van der Waals surface area contributed by atoms with Crippen LogP contribution in [0.5, 0.6) is 0 Å². The van der Waals surface area contributed by atoms with Crippen molar-refractivity contribution < 1.29 is 8.42 Å². The quantitative estimate of drug-likeness (QED) is 0.864. The van der Waals surface area contributed by atoms with Crippen molar-refractivity contribution in [1.82, 2.24) is 9.29 Å². The van der Waals surface area contributed by atoms with Crippen LogP contribution in [0.3, 0.4) is 0 Å². The van der Waals surface area contributed by atoms with Crippen molar-refractivity contribution in [2.75, 3.05) is 18.8 Å². The van der Waals surface area contributed by atoms with Gasteiger partial charge in [-0.1, -0.05) is 12.8 Å². The molecule has 1 aromatic rings. The van der Waals surface area contributed by atoms with Crippen LogP contribution >= 0.6 is 15.9 Å². The first kappa shape index (κ1) is 15.2. The van der Waals surface area contributed by atoms with Crippen LogP contribution < -0.4 is 5.73 Å². The Balaban J connectivity index is 1.82. The van der Waals surface area contributed by atoms with Crippen molar-refractivity contribution in [2.24, 2.45) is 5.41 Å². The SMILES string of the molecule is Nc1ncc(Br)cc1S(=O)(=O)N1CCC2(CCCC2)CC1. The van der Waals surface area contributed by atoms with Crippen LogP contribution in [-0.2, 0) is 10.0 Å². The second-order valence-electron chi connectivity index (χ2n) is 6.15. The topological polar surface area (TPSA) is 76.3 Å². The molecule has 3 rings (SSSR count). The Morgan fingerprint density at radius 1 is 1.19 bits per heavy atom. The summed E-state index contributed by atoms with van der Waals surface area (Å²) in [5.41, 5.74) is 6.16. The van der Waals surface area contributed by atoms with Gasteiger partial charge in [0.05, 0.1) is 0 Å². The number of aromatic nitrogens is 1. The zero-order valence-electron chi connectivity index (χ0n) is 11.9. The first-order chi connectivity index (χ1) is 9.93. The van der Waals surface area contributed by atoms with E-state index in [2.05, 4.69) is 20.9 Å². The highest BCUT2D eigenvalue weighted by molar-refractivity contribution is 9.10. The Morgan fingerprint density at radius 2 is 1.81 bits per heavy atom. The molecule has 7 heteroatoms. The Labute approximate surface area is 134 Å². The second kappa shape index (κ2) is 5.52. The number of nitrogens with two attached hydrogens (primary N) is 1. The zero-order chi connectivity index (χ0) is 15.1. The zero-order valence-corrected chi connectivity index (χ0v) is 14.3. The summed E-state index contributed by atoms with van der Waals surface area (Å²) in [5, 5.41) is 0. The van der Waals surface area contributed by atoms with E-state index in [9.17, 15) is 8.42 Å². The molecule has 1 spiro atoms. The molecule has 0 bridgehead atoms. The maximum Gasteiger partial charge on any atom is 0.246 e. The van der Waals surface area contributed by atoms with Crippen molar-refractivity contribution in [1.29, 1.82) is 0 Å². The van der Waals surface area contributed by atoms with Gasteiger partial charge < -0.3 is 5.73 Å². The second-order valence-corrected chi connectivity index (χ2v) is 8.97. The van der Waals surface area contributed by atoms with Crippen molar-refractivity contribution in [3.05, 3.63) is 16.7 Å². The third kappa shape index (κ3) is 2.83. The fraction of sp³-hybridized carbons (Fsp3) is 0.643. The lowest BCUT2D eigenvalue weighted by atomic mass is 9.78. The lowest BCUT2D eigenvalue weighted by molar-refractivity contribution is 0.160. The van der Waals surface area contributed by atoms with Crippen molar-refractivity contribution in [3.8, 4) is 0 Å². The van der Waals surface area contributed by atoms with Crippen LogP contribution in [0.1, 0.15) is 38.5 Å². The van der Waals surface area contributed by atoms with E-state index in [-0.39, 0.29) is 10.7 Å². The molecule has 1 saturated heterocycles. The summed E-state index contributed by atoms with van der Waals surface area (Å²) in [4.78, 5) is 4.05. The van der Waals surface area contributed by atoms with Gasteiger partial charge in [0.25, 0.3) is 0 Å². The monoisotopic (exact) mass is 373 g/mol. The minimum Gasteiger partial charge on any atom is -0.383 e. The minimum absolute atomic E-state index is 0.0688. The summed E-state index contributed by atoms with van der Waals surface area (Å²) in [6.07, 6.45) is 8.52. The van der Waals surface area contributed by atoms with Gasteiger partial charge in [-0.25, -0.2) is 13.4 Å². The van der Waals surface area contributed by atoms with Gasteiger partial charge in [0.1, 0.15) is 10.7 Å². The molecule has 1 aliphatic carbocycles. The van der Waals surface area contributed by atoms with Gasteiger partial charge in [-0.3, -0.25) is 0 Å². The van der Waals surface area contributed by atoms with Crippen LogP contribution in [0.15, 0.2) is 21.6 Å². The summed E-state index contributed by atoms with van der Waals surface area (Å²) in [5.74, 6) is 0.0688. The maximum atomic E-state index is 12.7. The average molecular weight is 374 g/mol. The Kier molecular flexibility index (Phi) is 4.00. The highest BCUT2D eigenvalue weighted by Crippen LogP contribution is 2.46. The number of piperidine rings is 1. The molecule has 21 heavy (non-hydrogen) atoms.